The summed E-state index contributed by atoms with van der Waals surface area (Å²) in [7, 11) is 0. The first-order valence-electron chi connectivity index (χ1n) is 6.94. The van der Waals surface area contributed by atoms with E-state index in [1.807, 2.05) is 6.92 Å². The predicted molar refractivity (Wildman–Crippen MR) is 90.0 cm³/mol. The van der Waals surface area contributed by atoms with Gasteiger partial charge in [0.05, 0.1) is 11.1 Å². The number of nitrogens with one attached hydrogen (secondary N) is 1. The van der Waals surface area contributed by atoms with E-state index in [9.17, 15) is 15.0 Å². The van der Waals surface area contributed by atoms with Crippen LogP contribution in [0, 0.1) is 20.8 Å². The zero-order valence-electron chi connectivity index (χ0n) is 12.8. The van der Waals surface area contributed by atoms with E-state index in [-0.39, 0.29) is 10.6 Å². The van der Waals surface area contributed by atoms with Gasteiger partial charge in [-0.05, 0) is 44.0 Å². The maximum absolute atomic E-state index is 11.3. The third kappa shape index (κ3) is 2.70. The Morgan fingerprint density at radius 1 is 1.22 bits per heavy atom. The summed E-state index contributed by atoms with van der Waals surface area (Å²) in [6, 6.07) is 5.21. The van der Waals surface area contributed by atoms with Crippen molar-refractivity contribution >= 4 is 39.0 Å². The van der Waals surface area contributed by atoms with Crippen molar-refractivity contribution in [3.8, 4) is 5.75 Å². The van der Waals surface area contributed by atoms with Gasteiger partial charge in [0.2, 0.25) is 0 Å². The number of anilines is 2. The monoisotopic (exact) mass is 329 g/mol. The van der Waals surface area contributed by atoms with Gasteiger partial charge in [0.25, 0.3) is 0 Å². The summed E-state index contributed by atoms with van der Waals surface area (Å²) < 4.78 is 0. The van der Waals surface area contributed by atoms with Gasteiger partial charge in [-0.3, -0.25) is 0 Å². The van der Waals surface area contributed by atoms with Crippen LogP contribution in [0.4, 0.5) is 11.5 Å². The molecule has 0 aliphatic rings. The van der Waals surface area contributed by atoms with E-state index in [4.69, 9.17) is 0 Å². The molecule has 0 unspecified atom stereocenters. The van der Waals surface area contributed by atoms with Gasteiger partial charge in [-0.25, -0.2) is 14.8 Å². The maximum atomic E-state index is 11.3. The molecule has 0 atom stereocenters. The molecule has 0 saturated heterocycles. The van der Waals surface area contributed by atoms with Gasteiger partial charge in [-0.1, -0.05) is 6.07 Å². The van der Waals surface area contributed by atoms with E-state index >= 15 is 0 Å². The molecule has 0 radical (unpaired) electrons. The first-order valence-corrected chi connectivity index (χ1v) is 7.76. The molecule has 2 aromatic heterocycles. The number of aromatic nitrogens is 2. The van der Waals surface area contributed by atoms with Crippen LogP contribution in [0.1, 0.15) is 26.6 Å². The molecule has 0 saturated carbocycles. The minimum atomic E-state index is -0.979. The van der Waals surface area contributed by atoms with Crippen molar-refractivity contribution in [2.45, 2.75) is 20.8 Å². The number of phenolic OH excluding ortho intramolecular Hbond substituents is 1. The van der Waals surface area contributed by atoms with E-state index in [2.05, 4.69) is 15.3 Å². The first-order chi connectivity index (χ1) is 10.9. The van der Waals surface area contributed by atoms with Gasteiger partial charge in [0, 0.05) is 0 Å². The van der Waals surface area contributed by atoms with Crippen LogP contribution in [-0.4, -0.2) is 26.2 Å². The number of thiophene rings is 1. The van der Waals surface area contributed by atoms with Crippen LogP contribution in [0.25, 0.3) is 10.2 Å². The minimum Gasteiger partial charge on any atom is -0.506 e. The Balaban J connectivity index is 2.20. The van der Waals surface area contributed by atoms with Crippen LogP contribution in [0.3, 0.4) is 0 Å². The van der Waals surface area contributed by atoms with Crippen molar-refractivity contribution in [3.05, 3.63) is 40.0 Å². The number of aryl methyl sites for hydroxylation is 3. The first kappa shape index (κ1) is 15.2. The van der Waals surface area contributed by atoms with Crippen LogP contribution in [0.5, 0.6) is 5.75 Å². The zero-order chi connectivity index (χ0) is 16.7. The average molecular weight is 329 g/mol. The van der Waals surface area contributed by atoms with Gasteiger partial charge in [0.15, 0.2) is 0 Å². The quantitative estimate of drug-likeness (QED) is 0.633. The minimum absolute atomic E-state index is 0.103. The highest BCUT2D eigenvalue weighted by Gasteiger charge is 2.20. The summed E-state index contributed by atoms with van der Waals surface area (Å²) >= 11 is 1.13. The number of carboxylic acids is 1. The van der Waals surface area contributed by atoms with Crippen LogP contribution >= 0.6 is 11.3 Å². The Hall–Kier alpha value is -2.67. The molecular formula is C16H15N3O3S. The van der Waals surface area contributed by atoms with Gasteiger partial charge in [-0.15, -0.1) is 11.3 Å². The normalized spacial score (nSPS) is 10.9. The number of fused-ring (bicyclic) bond motifs is 1. The average Bonchev–Trinajstić information content (AvgIpc) is 2.80. The zero-order valence-corrected chi connectivity index (χ0v) is 13.7. The summed E-state index contributed by atoms with van der Waals surface area (Å²) in [5.74, 6) is 0.152. The molecule has 6 nitrogen and oxygen atoms in total. The number of aromatic hydroxyl groups is 1. The van der Waals surface area contributed by atoms with Crippen LogP contribution < -0.4 is 5.32 Å². The lowest BCUT2D eigenvalue weighted by atomic mass is 10.1. The molecule has 3 N–H and O–H groups in total. The molecule has 3 aromatic rings. The number of rotatable bonds is 3. The number of hydrogen-bond acceptors (Lipinski definition) is 6. The molecule has 0 fully saturated rings. The summed E-state index contributed by atoms with van der Waals surface area (Å²) in [6.45, 7) is 5.41. The van der Waals surface area contributed by atoms with Crippen LogP contribution in [-0.2, 0) is 0 Å². The standard InChI is InChI=1S/C16H15N3O3S/c1-7-4-5-11(20)10(6-7)19-14-12-8(2)13(16(21)22)23-15(12)18-9(3)17-14/h4-6,20H,1-3H3,(H,21,22)(H,17,18,19). The van der Waals surface area contributed by atoms with Crippen LogP contribution in [0.2, 0.25) is 0 Å². The fourth-order valence-electron chi connectivity index (χ4n) is 2.42. The molecule has 118 valence electrons. The molecular weight excluding hydrogens is 314 g/mol. The molecule has 0 amide bonds. The number of nitrogens with zero attached hydrogens (tertiary/aromatic N) is 2. The maximum Gasteiger partial charge on any atom is 0.346 e. The predicted octanol–water partition coefficient (Wildman–Crippen LogP) is 3.76. The third-order valence-electron chi connectivity index (χ3n) is 3.50. The van der Waals surface area contributed by atoms with Crippen LogP contribution in [0.15, 0.2) is 18.2 Å². The lowest BCUT2D eigenvalue weighted by molar-refractivity contribution is 0.0701. The Morgan fingerprint density at radius 2 is 1.96 bits per heavy atom. The smallest absolute Gasteiger partial charge is 0.346 e. The molecule has 0 bridgehead atoms. The van der Waals surface area contributed by atoms with E-state index in [0.29, 0.717) is 33.1 Å². The number of carboxylic acid groups (broad SMARTS) is 1. The van der Waals surface area contributed by atoms with Crippen molar-refractivity contribution < 1.29 is 15.0 Å². The highest BCUT2D eigenvalue weighted by atomic mass is 32.1. The number of benzene rings is 1. The lowest BCUT2D eigenvalue weighted by Gasteiger charge is -2.10. The highest BCUT2D eigenvalue weighted by Crippen LogP contribution is 2.36. The molecule has 0 aliphatic carbocycles. The fourth-order valence-corrected chi connectivity index (χ4v) is 3.48. The Morgan fingerprint density at radius 3 is 2.65 bits per heavy atom. The summed E-state index contributed by atoms with van der Waals surface area (Å²) in [6.07, 6.45) is 0. The largest absolute Gasteiger partial charge is 0.506 e. The Kier molecular flexibility index (Phi) is 3.65. The van der Waals surface area contributed by atoms with Crippen molar-refractivity contribution in [1.29, 1.82) is 0 Å². The summed E-state index contributed by atoms with van der Waals surface area (Å²) in [5.41, 5.74) is 2.12. The SMILES string of the molecule is Cc1ccc(O)c(Nc2nc(C)nc3sc(C(=O)O)c(C)c23)c1. The summed E-state index contributed by atoms with van der Waals surface area (Å²) in [4.78, 5) is 20.9. The third-order valence-corrected chi connectivity index (χ3v) is 4.68. The highest BCUT2D eigenvalue weighted by molar-refractivity contribution is 7.20. The number of phenols is 1. The number of carbonyl (C=O) groups is 1. The molecule has 3 rings (SSSR count). The van der Waals surface area contributed by atoms with E-state index in [0.717, 1.165) is 16.9 Å². The van der Waals surface area contributed by atoms with Gasteiger partial charge in [0.1, 0.15) is 27.1 Å². The Bertz CT molecular complexity index is 934. The van der Waals surface area contributed by atoms with Crippen molar-refractivity contribution in [2.24, 2.45) is 0 Å². The molecule has 23 heavy (non-hydrogen) atoms. The van der Waals surface area contributed by atoms with E-state index in [1.165, 1.54) is 0 Å². The second kappa shape index (κ2) is 5.51. The molecule has 0 spiro atoms. The van der Waals surface area contributed by atoms with E-state index < -0.39 is 5.97 Å². The van der Waals surface area contributed by atoms with Gasteiger partial charge < -0.3 is 15.5 Å². The van der Waals surface area contributed by atoms with Gasteiger partial charge >= 0.3 is 5.97 Å². The lowest BCUT2D eigenvalue weighted by Crippen LogP contribution is -1.99. The number of hydrogen-bond donors (Lipinski definition) is 3. The Labute approximate surface area is 136 Å². The molecule has 2 heterocycles. The topological polar surface area (TPSA) is 95.3 Å². The van der Waals surface area contributed by atoms with Crippen molar-refractivity contribution in [3.63, 3.8) is 0 Å². The van der Waals surface area contributed by atoms with Gasteiger partial charge in [-0.2, -0.15) is 0 Å². The second-order valence-corrected chi connectivity index (χ2v) is 6.31. The van der Waals surface area contributed by atoms with E-state index in [1.54, 1.807) is 32.0 Å². The molecule has 1 aromatic carbocycles. The van der Waals surface area contributed by atoms with Crippen molar-refractivity contribution in [2.75, 3.05) is 5.32 Å². The fraction of sp³-hybridized carbons (Fsp3) is 0.188. The second-order valence-electron chi connectivity index (χ2n) is 5.31. The summed E-state index contributed by atoms with van der Waals surface area (Å²) in [5, 5.41) is 23.1. The van der Waals surface area contributed by atoms with Crippen molar-refractivity contribution in [1.82, 2.24) is 9.97 Å². The molecule has 7 heteroatoms. The number of aromatic carboxylic acids is 1. The molecule has 0 aliphatic heterocycles.